The van der Waals surface area contributed by atoms with Crippen molar-refractivity contribution in [2.24, 2.45) is 0 Å². The van der Waals surface area contributed by atoms with Crippen molar-refractivity contribution in [3.63, 3.8) is 0 Å². The average Bonchev–Trinajstić information content (AvgIpc) is 4.08. The lowest BCUT2D eigenvalue weighted by molar-refractivity contribution is -0.135. The number of alkyl carbamates (subject to hydrolysis) is 2. The second-order valence-corrected chi connectivity index (χ2v) is 14.0. The molecule has 4 N–H and O–H groups in total. The summed E-state index contributed by atoms with van der Waals surface area (Å²) in [6.07, 6.45) is 6.98. The lowest BCUT2D eigenvalue weighted by atomic mass is 10.0. The van der Waals surface area contributed by atoms with E-state index < -0.39 is 24.3 Å². The quantitative estimate of drug-likeness (QED) is 0.118. The number of H-pyrrole nitrogens is 2. The number of benzene rings is 3. The summed E-state index contributed by atoms with van der Waals surface area (Å²) in [4.78, 5) is 71.9. The van der Waals surface area contributed by atoms with Crippen LogP contribution in [0.5, 0.6) is 0 Å². The number of nitrogens with one attached hydrogen (secondary N) is 4. The fourth-order valence-electron chi connectivity index (χ4n) is 7.64. The van der Waals surface area contributed by atoms with E-state index in [1.165, 1.54) is 14.2 Å². The Bertz CT molecular complexity index is 2120. The van der Waals surface area contributed by atoms with Gasteiger partial charge in [-0.2, -0.15) is 0 Å². The fraction of sp³-hybridized carbons (Fsp3) is 0.333. The first-order valence-corrected chi connectivity index (χ1v) is 18.9. The van der Waals surface area contributed by atoms with Gasteiger partial charge in [0.2, 0.25) is 0 Å². The van der Waals surface area contributed by atoms with Gasteiger partial charge in [0.15, 0.2) is 0 Å². The van der Waals surface area contributed by atoms with Crippen molar-refractivity contribution in [1.29, 1.82) is 0 Å². The molecule has 5 aromatic rings. The molecule has 0 aliphatic carbocycles. The zero-order chi connectivity index (χ0) is 39.0. The van der Waals surface area contributed by atoms with Crippen LogP contribution in [0.15, 0.2) is 97.3 Å². The van der Waals surface area contributed by atoms with Crippen molar-refractivity contribution in [2.75, 3.05) is 27.3 Å². The van der Waals surface area contributed by atoms with Gasteiger partial charge in [-0.1, -0.05) is 84.9 Å². The summed E-state index contributed by atoms with van der Waals surface area (Å²) in [5.74, 6) is 1.02. The topological polar surface area (TPSA) is 175 Å². The zero-order valence-corrected chi connectivity index (χ0v) is 31.4. The van der Waals surface area contributed by atoms with E-state index in [0.717, 1.165) is 66.9 Å². The highest BCUT2D eigenvalue weighted by Crippen LogP contribution is 2.35. The highest BCUT2D eigenvalue weighted by Gasteiger charge is 2.38. The fourth-order valence-corrected chi connectivity index (χ4v) is 7.64. The number of rotatable bonds is 12. The maximum absolute atomic E-state index is 13.9. The molecule has 2 aliphatic heterocycles. The lowest BCUT2D eigenvalue weighted by Crippen LogP contribution is -2.42. The largest absolute Gasteiger partial charge is 0.453 e. The van der Waals surface area contributed by atoms with E-state index in [1.54, 1.807) is 16.0 Å². The molecular weight excluding hydrogens is 713 g/mol. The molecular formula is C42H46N8O6. The van der Waals surface area contributed by atoms with E-state index in [-0.39, 0.29) is 23.9 Å². The normalized spacial score (nSPS) is 17.6. The first-order chi connectivity index (χ1) is 27.3. The number of ether oxygens (including phenoxy) is 2. The summed E-state index contributed by atoms with van der Waals surface area (Å²) in [5, 5.41) is 5.41. The molecule has 290 valence electrons. The first kappa shape index (κ1) is 37.9. The van der Waals surface area contributed by atoms with Crippen molar-refractivity contribution in [1.82, 2.24) is 40.4 Å². The molecule has 14 heteroatoms. The molecule has 2 saturated heterocycles. The Hall–Kier alpha value is -6.44. The van der Waals surface area contributed by atoms with Crippen LogP contribution < -0.4 is 10.6 Å². The second-order valence-electron chi connectivity index (χ2n) is 14.0. The monoisotopic (exact) mass is 758 g/mol. The van der Waals surface area contributed by atoms with E-state index in [0.29, 0.717) is 30.0 Å². The maximum atomic E-state index is 13.9. The summed E-state index contributed by atoms with van der Waals surface area (Å²) >= 11 is 0. The molecule has 0 saturated carbocycles. The minimum atomic E-state index is -0.879. The number of carbonyl (C=O) groups excluding carboxylic acids is 4. The van der Waals surface area contributed by atoms with E-state index in [1.807, 2.05) is 66.9 Å². The molecule has 4 heterocycles. The number of nitrogens with zero attached hydrogens (tertiary/aromatic N) is 4. The van der Waals surface area contributed by atoms with E-state index >= 15 is 0 Å². The SMILES string of the molecule is COC(=O)N[C@@H](C(=O)N1CCC[C@@H]1c1ncc(CCc2ccc(-c3cnc([C@H]4CCCN4C(=O)[C@H](NC(=O)OC)c4ccccc4)[nH]3)cc2)[nH]1)c1ccccc1. The molecule has 0 unspecified atom stereocenters. The molecule has 4 atom stereocenters. The van der Waals surface area contributed by atoms with Gasteiger partial charge in [0.05, 0.1) is 38.2 Å². The summed E-state index contributed by atoms with van der Waals surface area (Å²) in [6.45, 7) is 1.12. The van der Waals surface area contributed by atoms with Gasteiger partial charge < -0.3 is 39.9 Å². The van der Waals surface area contributed by atoms with Crippen LogP contribution in [0.1, 0.15) is 83.9 Å². The van der Waals surface area contributed by atoms with Crippen molar-refractivity contribution < 1.29 is 28.7 Å². The van der Waals surface area contributed by atoms with Crippen LogP contribution in [0.3, 0.4) is 0 Å². The molecule has 4 amide bonds. The summed E-state index contributed by atoms with van der Waals surface area (Å²) in [6, 6.07) is 24.4. The van der Waals surface area contributed by atoms with Crippen LogP contribution in [0.2, 0.25) is 0 Å². The molecule has 0 radical (unpaired) electrons. The van der Waals surface area contributed by atoms with Crippen molar-refractivity contribution in [3.05, 3.63) is 131 Å². The van der Waals surface area contributed by atoms with Crippen LogP contribution in [0, 0.1) is 0 Å². The Morgan fingerprint density at radius 2 is 1.18 bits per heavy atom. The van der Waals surface area contributed by atoms with Gasteiger partial charge in [-0.3, -0.25) is 9.59 Å². The summed E-state index contributed by atoms with van der Waals surface area (Å²) in [7, 11) is 2.56. The molecule has 2 fully saturated rings. The Kier molecular flexibility index (Phi) is 11.7. The van der Waals surface area contributed by atoms with Crippen molar-refractivity contribution in [2.45, 2.75) is 62.7 Å². The Balaban J connectivity index is 0.972. The number of carbonyl (C=O) groups is 4. The van der Waals surface area contributed by atoms with E-state index in [9.17, 15) is 19.2 Å². The number of hydrogen-bond donors (Lipinski definition) is 4. The summed E-state index contributed by atoms with van der Waals surface area (Å²) in [5.41, 5.74) is 5.31. The molecule has 2 aliphatic rings. The average molecular weight is 759 g/mol. The highest BCUT2D eigenvalue weighted by atomic mass is 16.5. The number of likely N-dealkylation sites (tertiary alicyclic amines) is 2. The first-order valence-electron chi connectivity index (χ1n) is 18.9. The number of hydrogen-bond acceptors (Lipinski definition) is 8. The van der Waals surface area contributed by atoms with Crippen LogP contribution in [0.4, 0.5) is 9.59 Å². The molecule has 2 aromatic heterocycles. The third kappa shape index (κ3) is 8.43. The smallest absolute Gasteiger partial charge is 0.407 e. The van der Waals surface area contributed by atoms with Crippen molar-refractivity contribution in [3.8, 4) is 11.3 Å². The van der Waals surface area contributed by atoms with Gasteiger partial charge >= 0.3 is 12.2 Å². The second kappa shape index (κ2) is 17.4. The van der Waals surface area contributed by atoms with Crippen LogP contribution in [-0.4, -0.2) is 81.0 Å². The molecule has 3 aromatic carbocycles. The minimum absolute atomic E-state index is 0.203. The Morgan fingerprint density at radius 1 is 0.679 bits per heavy atom. The predicted molar refractivity (Wildman–Crippen MR) is 207 cm³/mol. The van der Waals surface area contributed by atoms with Gasteiger partial charge in [0, 0.05) is 25.0 Å². The number of imidazole rings is 2. The minimum Gasteiger partial charge on any atom is -0.453 e. The number of aryl methyl sites for hydroxylation is 2. The van der Waals surface area contributed by atoms with Gasteiger partial charge in [-0.15, -0.1) is 0 Å². The third-order valence-corrected chi connectivity index (χ3v) is 10.5. The predicted octanol–water partition coefficient (Wildman–Crippen LogP) is 6.11. The van der Waals surface area contributed by atoms with Crippen LogP contribution >= 0.6 is 0 Å². The molecule has 14 nitrogen and oxygen atoms in total. The third-order valence-electron chi connectivity index (χ3n) is 10.5. The molecule has 0 bridgehead atoms. The summed E-state index contributed by atoms with van der Waals surface area (Å²) < 4.78 is 9.63. The van der Waals surface area contributed by atoms with Gasteiger partial charge in [-0.25, -0.2) is 19.6 Å². The standard InChI is InChI=1S/C42H46N8O6/c1-55-41(53)47-35(29-11-5-3-6-12-29)39(51)49-23-9-15-33(49)37-43-25-31(45-37)22-19-27-17-20-28(21-18-27)32-26-44-38(46-32)34-16-10-24-50(34)40(52)36(48-42(54)56-2)30-13-7-4-8-14-30/h3-8,11-14,17-18,20-21,25-26,33-36H,9-10,15-16,19,22-24H2,1-2H3,(H,43,45)(H,44,46)(H,47,53)(H,48,54)/t33-,34-,35-,36-/m1/s1. The zero-order valence-electron chi connectivity index (χ0n) is 31.4. The van der Waals surface area contributed by atoms with Crippen LogP contribution in [-0.2, 0) is 31.9 Å². The number of amides is 4. The number of aromatic nitrogens is 4. The van der Waals surface area contributed by atoms with Gasteiger partial charge in [0.1, 0.15) is 23.7 Å². The Morgan fingerprint density at radius 3 is 1.70 bits per heavy atom. The molecule has 0 spiro atoms. The van der Waals surface area contributed by atoms with E-state index in [2.05, 4.69) is 54.8 Å². The van der Waals surface area contributed by atoms with E-state index in [4.69, 9.17) is 9.47 Å². The Labute approximate surface area is 325 Å². The van der Waals surface area contributed by atoms with Gasteiger partial charge in [0.25, 0.3) is 11.8 Å². The molecule has 7 rings (SSSR count). The number of methoxy groups -OCH3 is 2. The van der Waals surface area contributed by atoms with Crippen LogP contribution in [0.25, 0.3) is 11.3 Å². The maximum Gasteiger partial charge on any atom is 0.407 e. The highest BCUT2D eigenvalue weighted by molar-refractivity contribution is 5.88. The lowest BCUT2D eigenvalue weighted by Gasteiger charge is -2.28. The van der Waals surface area contributed by atoms with Gasteiger partial charge in [-0.05, 0) is 60.8 Å². The molecule has 56 heavy (non-hydrogen) atoms. The van der Waals surface area contributed by atoms with Crippen molar-refractivity contribution >= 4 is 24.0 Å². The number of aromatic amines is 2.